The highest BCUT2D eigenvalue weighted by Gasteiger charge is 2.23. The Bertz CT molecular complexity index is 957. The fourth-order valence-electron chi connectivity index (χ4n) is 3.17. The van der Waals surface area contributed by atoms with Gasteiger partial charge in [0.05, 0.1) is 5.41 Å². The van der Waals surface area contributed by atoms with Crippen LogP contribution in [0.5, 0.6) is 11.5 Å². The molecule has 3 rings (SSSR count). The Hall–Kier alpha value is -2.76. The number of aryl methyl sites for hydroxylation is 1. The summed E-state index contributed by atoms with van der Waals surface area (Å²) in [5.41, 5.74) is 1.95. The van der Waals surface area contributed by atoms with Crippen molar-refractivity contribution in [3.8, 4) is 23.8 Å². The lowest BCUT2D eigenvalue weighted by molar-refractivity contribution is 0.479. The Morgan fingerprint density at radius 2 is 1.71 bits per heavy atom. The molecule has 0 heterocycles. The van der Waals surface area contributed by atoms with E-state index >= 15 is 0 Å². The van der Waals surface area contributed by atoms with Crippen molar-refractivity contribution in [1.82, 2.24) is 0 Å². The fraction of sp³-hybridized carbons (Fsp3) is 0.200. The van der Waals surface area contributed by atoms with Crippen LogP contribution in [0, 0.1) is 18.2 Å². The van der Waals surface area contributed by atoms with Crippen molar-refractivity contribution in [3.63, 3.8) is 0 Å². The third-order valence-electron chi connectivity index (χ3n) is 4.89. The third kappa shape index (κ3) is 5.15. The zero-order valence-corrected chi connectivity index (χ0v) is 16.5. The number of hydrogen-bond donors (Lipinski definition) is 0. The molecule has 0 saturated carbocycles. The molecule has 1 nitrogen and oxygen atoms in total. The topological polar surface area (TPSA) is 9.23 Å². The summed E-state index contributed by atoms with van der Waals surface area (Å²) in [4.78, 5) is 0. The summed E-state index contributed by atoms with van der Waals surface area (Å²) in [6.45, 7) is 2.09. The van der Waals surface area contributed by atoms with Crippen molar-refractivity contribution in [2.75, 3.05) is 0 Å². The molecule has 0 bridgehead atoms. The number of rotatable bonds is 7. The summed E-state index contributed by atoms with van der Waals surface area (Å²) in [7, 11) is 0. The number of halogens is 2. The maximum Gasteiger partial charge on any atom is 0.127 e. The van der Waals surface area contributed by atoms with Crippen LogP contribution in [0.3, 0.4) is 0 Å². The van der Waals surface area contributed by atoms with Crippen molar-refractivity contribution in [3.05, 3.63) is 94.8 Å². The second-order valence-electron chi connectivity index (χ2n) is 7.04. The molecule has 3 aromatic carbocycles. The lowest BCUT2D eigenvalue weighted by Gasteiger charge is -2.24. The van der Waals surface area contributed by atoms with Gasteiger partial charge in [0.25, 0.3) is 0 Å². The van der Waals surface area contributed by atoms with Gasteiger partial charge in [0.1, 0.15) is 17.3 Å². The predicted octanol–water partition coefficient (Wildman–Crippen LogP) is 7.19. The number of hydrogen-bond acceptors (Lipinski definition) is 1. The summed E-state index contributed by atoms with van der Waals surface area (Å²) < 4.78 is 18.8. The largest absolute Gasteiger partial charge is 0.457 e. The van der Waals surface area contributed by atoms with E-state index in [9.17, 15) is 4.39 Å². The van der Waals surface area contributed by atoms with E-state index in [1.54, 1.807) is 12.1 Å². The normalized spacial score (nSPS) is 12.8. The van der Waals surface area contributed by atoms with Crippen molar-refractivity contribution in [1.29, 1.82) is 0 Å². The molecule has 0 spiro atoms. The van der Waals surface area contributed by atoms with E-state index in [0.717, 1.165) is 30.6 Å². The van der Waals surface area contributed by atoms with Crippen LogP contribution in [0.1, 0.15) is 30.9 Å². The molecular formula is C25H22ClFO. The van der Waals surface area contributed by atoms with Crippen molar-refractivity contribution >= 4 is 11.6 Å². The van der Waals surface area contributed by atoms with Crippen LogP contribution < -0.4 is 4.74 Å². The van der Waals surface area contributed by atoms with Crippen LogP contribution >= 0.6 is 11.6 Å². The molecule has 0 aliphatic heterocycles. The van der Waals surface area contributed by atoms with Crippen molar-refractivity contribution in [2.45, 2.75) is 31.6 Å². The number of benzene rings is 3. The van der Waals surface area contributed by atoms with Crippen LogP contribution in [-0.2, 0) is 11.8 Å². The van der Waals surface area contributed by atoms with Gasteiger partial charge in [0, 0.05) is 5.02 Å². The van der Waals surface area contributed by atoms with Gasteiger partial charge in [-0.3, -0.25) is 0 Å². The molecule has 1 unspecified atom stereocenters. The molecule has 1 atom stereocenters. The molecule has 0 amide bonds. The molecule has 0 aromatic heterocycles. The first kappa shape index (κ1) is 20.0. The summed E-state index contributed by atoms with van der Waals surface area (Å²) in [5.74, 6) is 4.02. The highest BCUT2D eigenvalue weighted by Crippen LogP contribution is 2.30. The summed E-state index contributed by atoms with van der Waals surface area (Å²) in [6.07, 6.45) is 8.56. The van der Waals surface area contributed by atoms with E-state index in [1.165, 1.54) is 17.7 Å². The van der Waals surface area contributed by atoms with Crippen LogP contribution in [-0.4, -0.2) is 0 Å². The van der Waals surface area contributed by atoms with Crippen molar-refractivity contribution in [2.24, 2.45) is 0 Å². The molecule has 3 aromatic rings. The maximum absolute atomic E-state index is 13.0. The van der Waals surface area contributed by atoms with Gasteiger partial charge in [-0.1, -0.05) is 41.8 Å². The van der Waals surface area contributed by atoms with Gasteiger partial charge in [-0.05, 0) is 85.8 Å². The van der Waals surface area contributed by atoms with Gasteiger partial charge in [-0.2, -0.15) is 0 Å². The molecule has 0 aliphatic rings. The predicted molar refractivity (Wildman–Crippen MR) is 113 cm³/mol. The minimum atomic E-state index is -0.327. The summed E-state index contributed by atoms with van der Waals surface area (Å²) in [6, 6.07) is 21.7. The Kier molecular flexibility index (Phi) is 6.39. The van der Waals surface area contributed by atoms with Crippen LogP contribution in [0.25, 0.3) is 0 Å². The molecule has 28 heavy (non-hydrogen) atoms. The zero-order chi connectivity index (χ0) is 20.0. The zero-order valence-electron chi connectivity index (χ0n) is 15.8. The average molecular weight is 393 g/mol. The second-order valence-corrected chi connectivity index (χ2v) is 7.48. The quantitative estimate of drug-likeness (QED) is 0.387. The van der Waals surface area contributed by atoms with Crippen LogP contribution in [0.2, 0.25) is 5.02 Å². The van der Waals surface area contributed by atoms with Crippen LogP contribution in [0.4, 0.5) is 4.39 Å². The van der Waals surface area contributed by atoms with Gasteiger partial charge >= 0.3 is 0 Å². The molecule has 0 radical (unpaired) electrons. The van der Waals surface area contributed by atoms with E-state index in [-0.39, 0.29) is 11.2 Å². The smallest absolute Gasteiger partial charge is 0.127 e. The molecule has 0 fully saturated rings. The van der Waals surface area contributed by atoms with E-state index in [1.807, 2.05) is 42.5 Å². The van der Waals surface area contributed by atoms with Gasteiger partial charge in [-0.15, -0.1) is 6.42 Å². The standard InChI is InChI=1S/C25H22ClFO/c1-3-25(2,20-9-11-21(26)12-10-20)17-5-7-19-6-4-8-24(18-19)28-23-15-13-22(27)14-16-23/h1,4,6,8-16,18H,5,7,17H2,2H3. The lowest BCUT2D eigenvalue weighted by atomic mass is 9.79. The van der Waals surface area contributed by atoms with Crippen LogP contribution in [0.15, 0.2) is 72.8 Å². The van der Waals surface area contributed by atoms with E-state index in [4.69, 9.17) is 22.8 Å². The fourth-order valence-corrected chi connectivity index (χ4v) is 3.29. The Labute approximate surface area is 171 Å². The van der Waals surface area contributed by atoms with Gasteiger partial charge in [0.2, 0.25) is 0 Å². The lowest BCUT2D eigenvalue weighted by Crippen LogP contribution is -2.19. The monoisotopic (exact) mass is 392 g/mol. The molecule has 0 N–H and O–H groups in total. The first-order valence-corrected chi connectivity index (χ1v) is 9.62. The van der Waals surface area contributed by atoms with Crippen molar-refractivity contribution < 1.29 is 9.13 Å². The number of terminal acetylenes is 1. The van der Waals surface area contributed by atoms with Gasteiger partial charge < -0.3 is 4.74 Å². The summed E-state index contributed by atoms with van der Waals surface area (Å²) >= 11 is 5.99. The van der Waals surface area contributed by atoms with E-state index in [0.29, 0.717) is 10.8 Å². The molecular weight excluding hydrogens is 371 g/mol. The minimum Gasteiger partial charge on any atom is -0.457 e. The second kappa shape index (κ2) is 8.95. The first-order chi connectivity index (χ1) is 13.5. The maximum atomic E-state index is 13.0. The molecule has 142 valence electrons. The van der Waals surface area contributed by atoms with Gasteiger partial charge in [0.15, 0.2) is 0 Å². The molecule has 0 saturated heterocycles. The first-order valence-electron chi connectivity index (χ1n) is 9.25. The Balaban J connectivity index is 1.62. The number of ether oxygens (including phenoxy) is 1. The SMILES string of the molecule is C#CC(C)(CCCc1cccc(Oc2ccc(F)cc2)c1)c1ccc(Cl)cc1. The Morgan fingerprint density at radius 3 is 2.39 bits per heavy atom. The van der Waals surface area contributed by atoms with E-state index < -0.39 is 0 Å². The molecule has 0 aliphatic carbocycles. The third-order valence-corrected chi connectivity index (χ3v) is 5.14. The summed E-state index contributed by atoms with van der Waals surface area (Å²) in [5, 5.41) is 0.709. The highest BCUT2D eigenvalue weighted by molar-refractivity contribution is 6.30. The average Bonchev–Trinajstić information content (AvgIpc) is 2.70. The van der Waals surface area contributed by atoms with Gasteiger partial charge in [-0.25, -0.2) is 4.39 Å². The van der Waals surface area contributed by atoms with E-state index in [2.05, 4.69) is 18.9 Å². The minimum absolute atomic E-state index is 0.279. The Morgan fingerprint density at radius 1 is 1.00 bits per heavy atom. The highest BCUT2D eigenvalue weighted by atomic mass is 35.5. The molecule has 3 heteroatoms.